The SMILES string of the molecule is CC(C)(C)OC(=O)N1CCC(n2cc(Br)c(-c3ccc(C(F)F)cc3)n2)CC1. The number of rotatable bonds is 3. The van der Waals surface area contributed by atoms with E-state index in [4.69, 9.17) is 4.74 Å². The molecule has 1 aromatic heterocycles. The van der Waals surface area contributed by atoms with Gasteiger partial charge in [0, 0.05) is 30.4 Å². The molecule has 1 aliphatic rings. The second kappa shape index (κ2) is 8.19. The zero-order valence-electron chi connectivity index (χ0n) is 16.2. The summed E-state index contributed by atoms with van der Waals surface area (Å²) in [6.45, 7) is 6.78. The smallest absolute Gasteiger partial charge is 0.410 e. The number of hydrogen-bond acceptors (Lipinski definition) is 3. The summed E-state index contributed by atoms with van der Waals surface area (Å²) >= 11 is 3.52. The van der Waals surface area contributed by atoms with Crippen molar-refractivity contribution in [3.05, 3.63) is 40.5 Å². The first-order valence-electron chi connectivity index (χ1n) is 9.25. The minimum absolute atomic E-state index is 0.00572. The molecule has 5 nitrogen and oxygen atoms in total. The number of carbonyl (C=O) groups is 1. The van der Waals surface area contributed by atoms with E-state index in [2.05, 4.69) is 21.0 Å². The van der Waals surface area contributed by atoms with Crippen molar-refractivity contribution in [2.45, 2.75) is 51.7 Å². The van der Waals surface area contributed by atoms with Gasteiger partial charge in [-0.2, -0.15) is 5.10 Å². The highest BCUT2D eigenvalue weighted by Crippen LogP contribution is 2.32. The second-order valence-electron chi connectivity index (χ2n) is 7.93. The molecule has 0 radical (unpaired) electrons. The van der Waals surface area contributed by atoms with Crippen LogP contribution in [0.2, 0.25) is 0 Å². The van der Waals surface area contributed by atoms with Gasteiger partial charge < -0.3 is 9.64 Å². The zero-order chi connectivity index (χ0) is 20.5. The molecule has 1 aliphatic heterocycles. The molecule has 0 saturated carbocycles. The lowest BCUT2D eigenvalue weighted by Gasteiger charge is -2.33. The monoisotopic (exact) mass is 455 g/mol. The molecule has 0 spiro atoms. The molecule has 0 N–H and O–H groups in total. The van der Waals surface area contributed by atoms with E-state index in [1.807, 2.05) is 31.6 Å². The number of likely N-dealkylation sites (tertiary alicyclic amines) is 1. The van der Waals surface area contributed by atoms with Crippen molar-refractivity contribution in [2.75, 3.05) is 13.1 Å². The van der Waals surface area contributed by atoms with Crippen molar-refractivity contribution in [1.29, 1.82) is 0 Å². The Kier molecular flexibility index (Phi) is 6.07. The highest BCUT2D eigenvalue weighted by molar-refractivity contribution is 9.10. The molecule has 0 aliphatic carbocycles. The van der Waals surface area contributed by atoms with Gasteiger partial charge in [0.2, 0.25) is 0 Å². The molecule has 152 valence electrons. The minimum atomic E-state index is -2.48. The van der Waals surface area contributed by atoms with Gasteiger partial charge >= 0.3 is 6.09 Å². The van der Waals surface area contributed by atoms with Crippen molar-refractivity contribution in [2.24, 2.45) is 0 Å². The summed E-state index contributed by atoms with van der Waals surface area (Å²) in [4.78, 5) is 13.9. The molecule has 8 heteroatoms. The highest BCUT2D eigenvalue weighted by atomic mass is 79.9. The van der Waals surface area contributed by atoms with Gasteiger partial charge in [0.1, 0.15) is 11.3 Å². The largest absolute Gasteiger partial charge is 0.444 e. The third kappa shape index (κ3) is 4.90. The number of nitrogens with zero attached hydrogens (tertiary/aromatic N) is 3. The predicted molar refractivity (Wildman–Crippen MR) is 106 cm³/mol. The summed E-state index contributed by atoms with van der Waals surface area (Å²) in [6, 6.07) is 6.33. The lowest BCUT2D eigenvalue weighted by Crippen LogP contribution is -2.42. The first-order chi connectivity index (χ1) is 13.1. The van der Waals surface area contributed by atoms with E-state index >= 15 is 0 Å². The lowest BCUT2D eigenvalue weighted by molar-refractivity contribution is 0.0185. The Labute approximate surface area is 171 Å². The molecule has 28 heavy (non-hydrogen) atoms. The van der Waals surface area contributed by atoms with Crippen LogP contribution in [0, 0.1) is 0 Å². The quantitative estimate of drug-likeness (QED) is 0.585. The van der Waals surface area contributed by atoms with E-state index in [0.29, 0.717) is 13.1 Å². The van der Waals surface area contributed by atoms with Crippen LogP contribution in [0.3, 0.4) is 0 Å². The van der Waals surface area contributed by atoms with E-state index in [1.54, 1.807) is 17.0 Å². The number of hydrogen-bond donors (Lipinski definition) is 0. The van der Waals surface area contributed by atoms with E-state index in [1.165, 1.54) is 12.1 Å². The van der Waals surface area contributed by atoms with Gasteiger partial charge in [0.25, 0.3) is 6.43 Å². The normalized spacial score (nSPS) is 15.9. The van der Waals surface area contributed by atoms with Crippen LogP contribution in [0.5, 0.6) is 0 Å². The first-order valence-corrected chi connectivity index (χ1v) is 10.0. The zero-order valence-corrected chi connectivity index (χ0v) is 17.7. The fourth-order valence-electron chi connectivity index (χ4n) is 3.18. The Bertz CT molecular complexity index is 823. The van der Waals surface area contributed by atoms with E-state index < -0.39 is 12.0 Å². The summed E-state index contributed by atoms with van der Waals surface area (Å²) in [5.74, 6) is 0. The van der Waals surface area contributed by atoms with Gasteiger partial charge in [-0.25, -0.2) is 13.6 Å². The van der Waals surface area contributed by atoms with Crippen LogP contribution in [0.15, 0.2) is 34.9 Å². The van der Waals surface area contributed by atoms with Gasteiger partial charge in [-0.1, -0.05) is 24.3 Å². The van der Waals surface area contributed by atoms with Gasteiger partial charge in [0.05, 0.1) is 10.5 Å². The average Bonchev–Trinajstić information content (AvgIpc) is 3.02. The topological polar surface area (TPSA) is 47.4 Å². The average molecular weight is 456 g/mol. The van der Waals surface area contributed by atoms with E-state index in [9.17, 15) is 13.6 Å². The molecule has 1 amide bonds. The van der Waals surface area contributed by atoms with Gasteiger partial charge in [-0.3, -0.25) is 4.68 Å². The lowest BCUT2D eigenvalue weighted by atomic mass is 10.1. The fourth-order valence-corrected chi connectivity index (χ4v) is 3.70. The Morgan fingerprint density at radius 2 is 1.82 bits per heavy atom. The summed E-state index contributed by atoms with van der Waals surface area (Å²) in [7, 11) is 0. The highest BCUT2D eigenvalue weighted by Gasteiger charge is 2.28. The molecule has 1 aromatic carbocycles. The molecule has 1 saturated heterocycles. The maximum atomic E-state index is 12.7. The third-order valence-electron chi connectivity index (χ3n) is 4.61. The molecule has 2 heterocycles. The number of carbonyl (C=O) groups excluding carboxylic acids is 1. The van der Waals surface area contributed by atoms with Crippen molar-refractivity contribution in [3.8, 4) is 11.3 Å². The second-order valence-corrected chi connectivity index (χ2v) is 8.78. The van der Waals surface area contributed by atoms with Crippen molar-refractivity contribution in [3.63, 3.8) is 0 Å². The molecule has 1 fully saturated rings. The number of benzene rings is 1. The fraction of sp³-hybridized carbons (Fsp3) is 0.500. The van der Waals surface area contributed by atoms with Gasteiger partial charge in [0.15, 0.2) is 0 Å². The van der Waals surface area contributed by atoms with Crippen LogP contribution in [0.25, 0.3) is 11.3 Å². The molecular weight excluding hydrogens is 432 g/mol. The van der Waals surface area contributed by atoms with E-state index in [-0.39, 0.29) is 17.7 Å². The molecule has 0 bridgehead atoms. The first kappa shape index (κ1) is 20.8. The Morgan fingerprint density at radius 1 is 1.21 bits per heavy atom. The van der Waals surface area contributed by atoms with Gasteiger partial charge in [-0.05, 0) is 49.5 Å². The summed E-state index contributed by atoms with van der Waals surface area (Å²) in [5, 5.41) is 4.66. The Hall–Kier alpha value is -1.96. The number of piperidine rings is 1. The molecule has 3 rings (SSSR count). The Balaban J connectivity index is 1.66. The molecule has 2 aromatic rings. The predicted octanol–water partition coefficient (Wildman–Crippen LogP) is 5.82. The van der Waals surface area contributed by atoms with E-state index in [0.717, 1.165) is 28.6 Å². The van der Waals surface area contributed by atoms with Crippen molar-refractivity contribution >= 4 is 22.0 Å². The third-order valence-corrected chi connectivity index (χ3v) is 5.19. The van der Waals surface area contributed by atoms with Crippen LogP contribution < -0.4 is 0 Å². The maximum Gasteiger partial charge on any atom is 0.410 e. The molecule has 0 atom stereocenters. The summed E-state index contributed by atoms with van der Waals surface area (Å²) in [6.07, 6.45) is 0.691. The van der Waals surface area contributed by atoms with Crippen LogP contribution in [0.1, 0.15) is 51.6 Å². The number of aromatic nitrogens is 2. The van der Waals surface area contributed by atoms with Crippen LogP contribution >= 0.6 is 15.9 Å². The van der Waals surface area contributed by atoms with Gasteiger partial charge in [-0.15, -0.1) is 0 Å². The number of alkyl halides is 2. The summed E-state index contributed by atoms with van der Waals surface area (Å²) in [5.41, 5.74) is 0.987. The number of ether oxygens (including phenoxy) is 1. The van der Waals surface area contributed by atoms with Crippen LogP contribution in [-0.4, -0.2) is 39.5 Å². The Morgan fingerprint density at radius 3 is 2.36 bits per heavy atom. The summed E-state index contributed by atoms with van der Waals surface area (Å²) < 4.78 is 33.6. The maximum absolute atomic E-state index is 12.7. The number of halogens is 3. The van der Waals surface area contributed by atoms with Crippen molar-refractivity contribution < 1.29 is 18.3 Å². The number of amides is 1. The van der Waals surface area contributed by atoms with Crippen LogP contribution in [0.4, 0.5) is 13.6 Å². The molecular formula is C20H24BrF2N3O2. The minimum Gasteiger partial charge on any atom is -0.444 e. The standard InChI is InChI=1S/C20H24BrF2N3O2/c1-20(2,3)28-19(27)25-10-8-15(9-11-25)26-12-16(21)17(24-26)13-4-6-14(7-5-13)18(22)23/h4-7,12,15,18H,8-11H2,1-3H3. The molecule has 0 unspecified atom stereocenters. The van der Waals surface area contributed by atoms with Crippen molar-refractivity contribution in [1.82, 2.24) is 14.7 Å². The van der Waals surface area contributed by atoms with Crippen LogP contribution in [-0.2, 0) is 4.74 Å².